The fourth-order valence-corrected chi connectivity index (χ4v) is 2.34. The Morgan fingerprint density at radius 1 is 1.53 bits per heavy atom. The summed E-state index contributed by atoms with van der Waals surface area (Å²) in [5.41, 5.74) is 2.61. The molecule has 1 amide bonds. The number of fused-ring (bicyclic) bond motifs is 1. The van der Waals surface area contributed by atoms with Crippen LogP contribution in [0.15, 0.2) is 24.5 Å². The van der Waals surface area contributed by atoms with Crippen LogP contribution < -0.4 is 10.6 Å². The standard InChI is InChI=1S/C13H17N5O/c1-18-5-4-14-7-12(18)13(19)17-9-2-3-10-11(6-9)16-8-15-10/h2-3,6,8,12,14H,4-5,7H2,1H3,(H,15,16)(H,17,19). The number of carbonyl (C=O) groups excluding carboxylic acids is 1. The fourth-order valence-electron chi connectivity index (χ4n) is 2.34. The molecule has 1 unspecified atom stereocenters. The maximum absolute atomic E-state index is 12.2. The molecule has 0 aliphatic carbocycles. The van der Waals surface area contributed by atoms with Gasteiger partial charge in [0, 0.05) is 25.3 Å². The largest absolute Gasteiger partial charge is 0.345 e. The molecule has 0 saturated carbocycles. The predicted octanol–water partition coefficient (Wildman–Crippen LogP) is 0.405. The quantitative estimate of drug-likeness (QED) is 0.730. The van der Waals surface area contributed by atoms with Crippen LogP contribution in [0.2, 0.25) is 0 Å². The number of carbonyl (C=O) groups is 1. The monoisotopic (exact) mass is 259 g/mol. The van der Waals surface area contributed by atoms with Gasteiger partial charge in [0.05, 0.1) is 17.4 Å². The summed E-state index contributed by atoms with van der Waals surface area (Å²) in [6.07, 6.45) is 1.65. The van der Waals surface area contributed by atoms with Gasteiger partial charge in [0.1, 0.15) is 6.04 Å². The van der Waals surface area contributed by atoms with Crippen LogP contribution in [0.3, 0.4) is 0 Å². The molecule has 0 radical (unpaired) electrons. The Balaban J connectivity index is 1.74. The number of imidazole rings is 1. The molecule has 1 aromatic heterocycles. The molecule has 1 fully saturated rings. The summed E-state index contributed by atoms with van der Waals surface area (Å²) in [5.74, 6) is 0.0218. The minimum absolute atomic E-state index is 0.0218. The third-order valence-electron chi connectivity index (χ3n) is 3.50. The average Bonchev–Trinajstić information content (AvgIpc) is 2.86. The number of benzene rings is 1. The third-order valence-corrected chi connectivity index (χ3v) is 3.50. The summed E-state index contributed by atoms with van der Waals surface area (Å²) in [5, 5.41) is 6.19. The van der Waals surface area contributed by atoms with Gasteiger partial charge < -0.3 is 15.6 Å². The molecule has 1 saturated heterocycles. The Morgan fingerprint density at radius 3 is 3.26 bits per heavy atom. The van der Waals surface area contributed by atoms with Crippen molar-refractivity contribution in [2.24, 2.45) is 0 Å². The van der Waals surface area contributed by atoms with Gasteiger partial charge in [0.25, 0.3) is 0 Å². The highest BCUT2D eigenvalue weighted by Crippen LogP contribution is 2.16. The molecule has 2 heterocycles. The number of nitrogens with zero attached hydrogens (tertiary/aromatic N) is 2. The normalized spacial score (nSPS) is 20.6. The van der Waals surface area contributed by atoms with Gasteiger partial charge in [0.2, 0.25) is 5.91 Å². The lowest BCUT2D eigenvalue weighted by Gasteiger charge is -2.31. The summed E-state index contributed by atoms with van der Waals surface area (Å²) >= 11 is 0. The Labute approximate surface area is 111 Å². The van der Waals surface area contributed by atoms with Gasteiger partial charge in [-0.15, -0.1) is 0 Å². The first-order valence-electron chi connectivity index (χ1n) is 6.39. The highest BCUT2D eigenvalue weighted by Gasteiger charge is 2.25. The molecular weight excluding hydrogens is 242 g/mol. The Bertz CT molecular complexity index is 593. The molecule has 100 valence electrons. The van der Waals surface area contributed by atoms with Crippen molar-refractivity contribution >= 4 is 22.6 Å². The van der Waals surface area contributed by atoms with Crippen LogP contribution >= 0.6 is 0 Å². The van der Waals surface area contributed by atoms with Crippen molar-refractivity contribution in [3.63, 3.8) is 0 Å². The number of likely N-dealkylation sites (N-methyl/N-ethyl adjacent to an activating group) is 1. The highest BCUT2D eigenvalue weighted by atomic mass is 16.2. The third kappa shape index (κ3) is 2.45. The number of piperazine rings is 1. The van der Waals surface area contributed by atoms with Crippen LogP contribution in [0.5, 0.6) is 0 Å². The van der Waals surface area contributed by atoms with E-state index in [1.165, 1.54) is 0 Å². The molecule has 19 heavy (non-hydrogen) atoms. The number of aromatic nitrogens is 2. The number of hydrogen-bond acceptors (Lipinski definition) is 4. The lowest BCUT2D eigenvalue weighted by molar-refractivity contribution is -0.121. The van der Waals surface area contributed by atoms with Crippen LogP contribution in [0.4, 0.5) is 5.69 Å². The van der Waals surface area contributed by atoms with Crippen molar-refractivity contribution in [1.82, 2.24) is 20.2 Å². The zero-order chi connectivity index (χ0) is 13.2. The molecule has 2 aromatic rings. The van der Waals surface area contributed by atoms with Gasteiger partial charge in [-0.1, -0.05) is 0 Å². The van der Waals surface area contributed by atoms with E-state index in [4.69, 9.17) is 0 Å². The van der Waals surface area contributed by atoms with Crippen LogP contribution in [0.1, 0.15) is 0 Å². The zero-order valence-corrected chi connectivity index (χ0v) is 10.8. The van der Waals surface area contributed by atoms with Crippen molar-refractivity contribution in [2.45, 2.75) is 6.04 Å². The molecule has 6 nitrogen and oxygen atoms in total. The minimum Gasteiger partial charge on any atom is -0.345 e. The van der Waals surface area contributed by atoms with Crippen molar-refractivity contribution < 1.29 is 4.79 Å². The summed E-state index contributed by atoms with van der Waals surface area (Å²) < 4.78 is 0. The fraction of sp³-hybridized carbons (Fsp3) is 0.385. The number of rotatable bonds is 2. The molecule has 3 rings (SSSR count). The van der Waals surface area contributed by atoms with E-state index in [0.717, 1.165) is 29.8 Å². The first kappa shape index (κ1) is 12.1. The smallest absolute Gasteiger partial charge is 0.243 e. The summed E-state index contributed by atoms with van der Waals surface area (Å²) in [4.78, 5) is 21.5. The first-order chi connectivity index (χ1) is 9.24. The molecule has 3 N–H and O–H groups in total. The first-order valence-corrected chi connectivity index (χ1v) is 6.39. The second kappa shape index (κ2) is 4.99. The van der Waals surface area contributed by atoms with Crippen LogP contribution in [-0.4, -0.2) is 53.5 Å². The number of anilines is 1. The van der Waals surface area contributed by atoms with Gasteiger partial charge in [-0.25, -0.2) is 4.98 Å². The van der Waals surface area contributed by atoms with E-state index in [0.29, 0.717) is 6.54 Å². The molecule has 1 atom stereocenters. The maximum atomic E-state index is 12.2. The molecule has 1 aromatic carbocycles. The lowest BCUT2D eigenvalue weighted by atomic mass is 10.2. The van der Waals surface area contributed by atoms with Crippen molar-refractivity contribution in [1.29, 1.82) is 0 Å². The SMILES string of the molecule is CN1CCNCC1C(=O)Nc1ccc2nc[nH]c2c1. The van der Waals surface area contributed by atoms with E-state index in [1.807, 2.05) is 25.2 Å². The second-order valence-corrected chi connectivity index (χ2v) is 4.82. The molecule has 1 aliphatic rings. The summed E-state index contributed by atoms with van der Waals surface area (Å²) in [7, 11) is 1.98. The highest BCUT2D eigenvalue weighted by molar-refractivity contribution is 5.96. The van der Waals surface area contributed by atoms with E-state index in [-0.39, 0.29) is 11.9 Å². The van der Waals surface area contributed by atoms with E-state index in [2.05, 4.69) is 25.5 Å². The topological polar surface area (TPSA) is 73.1 Å². The molecule has 0 bridgehead atoms. The van der Waals surface area contributed by atoms with E-state index < -0.39 is 0 Å². The lowest BCUT2D eigenvalue weighted by Crippen LogP contribution is -2.54. The van der Waals surface area contributed by atoms with E-state index in [1.54, 1.807) is 6.33 Å². The summed E-state index contributed by atoms with van der Waals surface area (Å²) in [6, 6.07) is 5.55. The number of aromatic amines is 1. The molecule has 1 aliphatic heterocycles. The second-order valence-electron chi connectivity index (χ2n) is 4.82. The van der Waals surface area contributed by atoms with Crippen LogP contribution in [0, 0.1) is 0 Å². The van der Waals surface area contributed by atoms with Crippen molar-refractivity contribution in [3.05, 3.63) is 24.5 Å². The van der Waals surface area contributed by atoms with E-state index in [9.17, 15) is 4.79 Å². The van der Waals surface area contributed by atoms with Gasteiger partial charge in [-0.05, 0) is 25.2 Å². The average molecular weight is 259 g/mol. The predicted molar refractivity (Wildman–Crippen MR) is 74.0 cm³/mol. The number of nitrogens with one attached hydrogen (secondary N) is 3. The van der Waals surface area contributed by atoms with Gasteiger partial charge >= 0.3 is 0 Å². The van der Waals surface area contributed by atoms with Crippen LogP contribution in [-0.2, 0) is 4.79 Å². The van der Waals surface area contributed by atoms with Crippen LogP contribution in [0.25, 0.3) is 11.0 Å². The Kier molecular flexibility index (Phi) is 3.18. The van der Waals surface area contributed by atoms with Gasteiger partial charge in [-0.3, -0.25) is 9.69 Å². The number of amides is 1. The zero-order valence-electron chi connectivity index (χ0n) is 10.8. The molecule has 6 heteroatoms. The number of hydrogen-bond donors (Lipinski definition) is 3. The molecular formula is C13H17N5O. The maximum Gasteiger partial charge on any atom is 0.243 e. The number of H-pyrrole nitrogens is 1. The van der Waals surface area contributed by atoms with E-state index >= 15 is 0 Å². The van der Waals surface area contributed by atoms with Gasteiger partial charge in [0.15, 0.2) is 0 Å². The summed E-state index contributed by atoms with van der Waals surface area (Å²) in [6.45, 7) is 2.51. The molecule has 0 spiro atoms. The van der Waals surface area contributed by atoms with Crippen molar-refractivity contribution in [2.75, 3.05) is 32.0 Å². The van der Waals surface area contributed by atoms with Gasteiger partial charge in [-0.2, -0.15) is 0 Å². The Morgan fingerprint density at radius 2 is 2.42 bits per heavy atom. The Hall–Kier alpha value is -1.92. The van der Waals surface area contributed by atoms with Crippen molar-refractivity contribution in [3.8, 4) is 0 Å². The minimum atomic E-state index is -0.119.